The first-order chi connectivity index (χ1) is 11.1. The predicted molar refractivity (Wildman–Crippen MR) is 89.3 cm³/mol. The number of hydrogen-bond acceptors (Lipinski definition) is 3. The van der Waals surface area contributed by atoms with Crippen LogP contribution in [0.1, 0.15) is 25.8 Å². The van der Waals surface area contributed by atoms with Gasteiger partial charge < -0.3 is 20.3 Å². The summed E-state index contributed by atoms with van der Waals surface area (Å²) in [5, 5.41) is 15.3. The zero-order chi connectivity index (χ0) is 16.7. The van der Waals surface area contributed by atoms with Gasteiger partial charge in [0.05, 0.1) is 12.4 Å². The van der Waals surface area contributed by atoms with Crippen LogP contribution in [0.2, 0.25) is 0 Å². The Balaban J connectivity index is 1.76. The number of aliphatic hydroxyl groups is 1. The van der Waals surface area contributed by atoms with Crippen molar-refractivity contribution in [3.8, 4) is 5.69 Å². The molecule has 2 rings (SSSR count). The minimum absolute atomic E-state index is 0.172. The third-order valence-corrected chi connectivity index (χ3v) is 3.96. The second-order valence-corrected chi connectivity index (χ2v) is 5.65. The lowest BCUT2D eigenvalue weighted by molar-refractivity contribution is 0.114. The van der Waals surface area contributed by atoms with E-state index in [4.69, 9.17) is 0 Å². The number of imidazole rings is 1. The number of hydrogen-bond donors (Lipinski definition) is 3. The highest BCUT2D eigenvalue weighted by Gasteiger charge is 2.12. The van der Waals surface area contributed by atoms with E-state index in [9.17, 15) is 9.90 Å². The summed E-state index contributed by atoms with van der Waals surface area (Å²) in [4.78, 5) is 15.8. The molecule has 0 radical (unpaired) electrons. The van der Waals surface area contributed by atoms with Crippen LogP contribution in [-0.4, -0.2) is 33.3 Å². The summed E-state index contributed by atoms with van der Waals surface area (Å²) in [5.41, 5.74) is 2.03. The van der Waals surface area contributed by atoms with Gasteiger partial charge >= 0.3 is 6.03 Å². The van der Waals surface area contributed by atoms with Crippen molar-refractivity contribution in [3.63, 3.8) is 0 Å². The Labute approximate surface area is 136 Å². The van der Waals surface area contributed by atoms with Crippen molar-refractivity contribution in [1.29, 1.82) is 0 Å². The van der Waals surface area contributed by atoms with E-state index >= 15 is 0 Å². The van der Waals surface area contributed by atoms with Gasteiger partial charge in [-0.15, -0.1) is 0 Å². The third-order valence-electron chi connectivity index (χ3n) is 3.96. The minimum Gasteiger partial charge on any atom is -0.391 e. The Kier molecular flexibility index (Phi) is 6.17. The van der Waals surface area contributed by atoms with E-state index in [0.717, 1.165) is 17.7 Å². The lowest BCUT2D eigenvalue weighted by Gasteiger charge is -2.17. The van der Waals surface area contributed by atoms with Gasteiger partial charge in [-0.1, -0.05) is 32.4 Å². The fraction of sp³-hybridized carbons (Fsp3) is 0.412. The molecule has 6 nitrogen and oxygen atoms in total. The largest absolute Gasteiger partial charge is 0.391 e. The lowest BCUT2D eigenvalue weighted by Crippen LogP contribution is -2.41. The fourth-order valence-corrected chi connectivity index (χ4v) is 2.11. The number of nitrogens with zero attached hydrogens (tertiary/aromatic N) is 2. The number of carbonyl (C=O) groups excluding carboxylic acids is 1. The third kappa shape index (κ3) is 5.10. The number of nitrogens with one attached hydrogen (secondary N) is 2. The maximum absolute atomic E-state index is 11.7. The number of amides is 2. The van der Waals surface area contributed by atoms with Crippen LogP contribution in [0.5, 0.6) is 0 Å². The molecule has 1 heterocycles. The van der Waals surface area contributed by atoms with Crippen molar-refractivity contribution >= 4 is 6.03 Å². The quantitative estimate of drug-likeness (QED) is 0.732. The smallest absolute Gasteiger partial charge is 0.315 e. The Morgan fingerprint density at radius 1 is 1.30 bits per heavy atom. The van der Waals surface area contributed by atoms with Crippen molar-refractivity contribution in [3.05, 3.63) is 48.5 Å². The first-order valence-electron chi connectivity index (χ1n) is 7.87. The summed E-state index contributed by atoms with van der Waals surface area (Å²) in [6.07, 6.45) is 5.72. The highest BCUT2D eigenvalue weighted by Crippen LogP contribution is 2.09. The van der Waals surface area contributed by atoms with Crippen molar-refractivity contribution in [2.24, 2.45) is 5.92 Å². The van der Waals surface area contributed by atoms with E-state index in [-0.39, 0.29) is 18.5 Å². The van der Waals surface area contributed by atoms with Crippen LogP contribution >= 0.6 is 0 Å². The highest BCUT2D eigenvalue weighted by molar-refractivity contribution is 5.73. The van der Waals surface area contributed by atoms with E-state index in [0.29, 0.717) is 6.54 Å². The molecule has 1 aromatic carbocycles. The zero-order valence-corrected chi connectivity index (χ0v) is 13.6. The Morgan fingerprint density at radius 2 is 2.04 bits per heavy atom. The minimum atomic E-state index is -0.514. The zero-order valence-electron chi connectivity index (χ0n) is 13.6. The van der Waals surface area contributed by atoms with Crippen molar-refractivity contribution < 1.29 is 9.90 Å². The van der Waals surface area contributed by atoms with Crippen LogP contribution in [0.25, 0.3) is 5.69 Å². The predicted octanol–water partition coefficient (Wildman–Crippen LogP) is 2.08. The average molecular weight is 316 g/mol. The van der Waals surface area contributed by atoms with Crippen molar-refractivity contribution in [2.45, 2.75) is 32.9 Å². The number of rotatable bonds is 7. The monoisotopic (exact) mass is 316 g/mol. The SMILES string of the molecule is CCC(C)C(O)CNC(=O)NCc1ccc(-n2ccnc2)cc1. The van der Waals surface area contributed by atoms with E-state index in [2.05, 4.69) is 15.6 Å². The van der Waals surface area contributed by atoms with E-state index in [1.807, 2.05) is 48.9 Å². The van der Waals surface area contributed by atoms with Crippen LogP contribution in [-0.2, 0) is 6.54 Å². The molecule has 2 atom stereocenters. The second-order valence-electron chi connectivity index (χ2n) is 5.65. The first kappa shape index (κ1) is 17.0. The molecule has 0 aliphatic carbocycles. The Morgan fingerprint density at radius 3 is 2.65 bits per heavy atom. The standard InChI is InChI=1S/C17H24N4O2/c1-3-13(2)16(22)11-20-17(23)19-10-14-4-6-15(7-5-14)21-9-8-18-12-21/h4-9,12-13,16,22H,3,10-11H2,1-2H3,(H2,19,20,23). The van der Waals surface area contributed by atoms with Crippen molar-refractivity contribution in [1.82, 2.24) is 20.2 Å². The maximum Gasteiger partial charge on any atom is 0.315 e. The molecule has 1 aromatic heterocycles. The van der Waals surface area contributed by atoms with E-state index in [1.165, 1.54) is 0 Å². The molecule has 0 aliphatic heterocycles. The van der Waals surface area contributed by atoms with E-state index in [1.54, 1.807) is 12.5 Å². The molecule has 2 aromatic rings. The van der Waals surface area contributed by atoms with Gasteiger partial charge in [0.25, 0.3) is 0 Å². The first-order valence-corrected chi connectivity index (χ1v) is 7.87. The van der Waals surface area contributed by atoms with Crippen LogP contribution in [0.3, 0.4) is 0 Å². The molecule has 2 unspecified atom stereocenters. The Hall–Kier alpha value is -2.34. The summed E-state index contributed by atoms with van der Waals surface area (Å²) in [6, 6.07) is 7.60. The molecule has 3 N–H and O–H groups in total. The van der Waals surface area contributed by atoms with Crippen LogP contribution in [0, 0.1) is 5.92 Å². The van der Waals surface area contributed by atoms with Gasteiger partial charge in [-0.25, -0.2) is 9.78 Å². The molecule has 0 spiro atoms. The molecule has 0 fully saturated rings. The summed E-state index contributed by atoms with van der Waals surface area (Å²) >= 11 is 0. The van der Waals surface area contributed by atoms with Gasteiger partial charge in [-0.3, -0.25) is 0 Å². The number of benzene rings is 1. The molecule has 2 amide bonds. The van der Waals surface area contributed by atoms with Crippen LogP contribution in [0.4, 0.5) is 4.79 Å². The molecule has 0 bridgehead atoms. The maximum atomic E-state index is 11.7. The number of aliphatic hydroxyl groups excluding tert-OH is 1. The lowest BCUT2D eigenvalue weighted by atomic mass is 10.0. The number of urea groups is 1. The molecule has 0 aliphatic rings. The van der Waals surface area contributed by atoms with Gasteiger partial charge in [0.2, 0.25) is 0 Å². The average Bonchev–Trinajstić information content (AvgIpc) is 3.12. The molecular formula is C17H24N4O2. The second kappa shape index (κ2) is 8.33. The van der Waals surface area contributed by atoms with Gasteiger partial charge in [0, 0.05) is 31.2 Å². The van der Waals surface area contributed by atoms with Crippen LogP contribution < -0.4 is 10.6 Å². The number of aromatic nitrogens is 2. The van der Waals surface area contributed by atoms with Gasteiger partial charge in [-0.2, -0.15) is 0 Å². The molecule has 124 valence electrons. The summed E-state index contributed by atoms with van der Waals surface area (Å²) in [5.74, 6) is 0.172. The molecule has 6 heteroatoms. The molecular weight excluding hydrogens is 292 g/mol. The molecule has 0 saturated carbocycles. The fourth-order valence-electron chi connectivity index (χ4n) is 2.11. The molecule has 0 saturated heterocycles. The van der Waals surface area contributed by atoms with Gasteiger partial charge in [0.1, 0.15) is 0 Å². The summed E-state index contributed by atoms with van der Waals surface area (Å²) in [7, 11) is 0. The highest BCUT2D eigenvalue weighted by atomic mass is 16.3. The van der Waals surface area contributed by atoms with Gasteiger partial charge in [0.15, 0.2) is 0 Å². The van der Waals surface area contributed by atoms with E-state index < -0.39 is 6.10 Å². The summed E-state index contributed by atoms with van der Waals surface area (Å²) in [6.45, 7) is 4.68. The Bertz CT molecular complexity index is 596. The van der Waals surface area contributed by atoms with Crippen molar-refractivity contribution in [2.75, 3.05) is 6.54 Å². The number of carbonyl (C=O) groups is 1. The normalized spacial score (nSPS) is 13.3. The van der Waals surface area contributed by atoms with Gasteiger partial charge in [-0.05, 0) is 23.6 Å². The topological polar surface area (TPSA) is 79.2 Å². The summed E-state index contributed by atoms with van der Waals surface area (Å²) < 4.78 is 1.92. The molecule has 23 heavy (non-hydrogen) atoms. The van der Waals surface area contributed by atoms with Crippen LogP contribution in [0.15, 0.2) is 43.0 Å².